The largest absolute Gasteiger partial charge is 0.444 e. The monoisotopic (exact) mass is 244 g/mol. The van der Waals surface area contributed by atoms with Gasteiger partial charge in [-0.3, -0.25) is 4.79 Å². The van der Waals surface area contributed by atoms with Crippen LogP contribution >= 0.6 is 0 Å². The average molecular weight is 244 g/mol. The fourth-order valence-electron chi connectivity index (χ4n) is 1.24. The van der Waals surface area contributed by atoms with Gasteiger partial charge in [0.1, 0.15) is 5.60 Å². The lowest BCUT2D eigenvalue weighted by molar-refractivity contribution is -0.119. The van der Waals surface area contributed by atoms with E-state index in [-0.39, 0.29) is 18.0 Å². The average Bonchev–Trinajstić information content (AvgIpc) is 2.10. The van der Waals surface area contributed by atoms with Crippen LogP contribution in [-0.2, 0) is 9.53 Å². The van der Waals surface area contributed by atoms with Crippen molar-refractivity contribution in [2.45, 2.75) is 52.7 Å². The first kappa shape index (κ1) is 15.7. The highest BCUT2D eigenvalue weighted by Gasteiger charge is 2.19. The molecule has 0 saturated heterocycles. The highest BCUT2D eigenvalue weighted by Crippen LogP contribution is 2.09. The van der Waals surface area contributed by atoms with Gasteiger partial charge in [-0.15, -0.1) is 0 Å². The molecule has 5 nitrogen and oxygen atoms in total. The third-order valence-corrected chi connectivity index (χ3v) is 2.05. The third kappa shape index (κ3) is 8.54. The smallest absolute Gasteiger partial charge is 0.410 e. The Hall–Kier alpha value is -1.26. The molecule has 0 spiro atoms. The summed E-state index contributed by atoms with van der Waals surface area (Å²) in [6, 6.07) is 0.0531. The van der Waals surface area contributed by atoms with Crippen molar-refractivity contribution in [1.29, 1.82) is 0 Å². The summed E-state index contributed by atoms with van der Waals surface area (Å²) in [5.41, 5.74) is -0.478. The lowest BCUT2D eigenvalue weighted by Crippen LogP contribution is -2.38. The van der Waals surface area contributed by atoms with E-state index in [2.05, 4.69) is 5.32 Å². The molecule has 1 atom stereocenters. The van der Waals surface area contributed by atoms with Crippen LogP contribution in [0, 0.1) is 0 Å². The fraction of sp³-hybridized carbons (Fsp3) is 0.833. The molecular weight excluding hydrogens is 220 g/mol. The minimum absolute atomic E-state index is 0.0531. The maximum absolute atomic E-state index is 11.6. The second-order valence-corrected chi connectivity index (χ2v) is 5.29. The van der Waals surface area contributed by atoms with Crippen LogP contribution < -0.4 is 5.32 Å². The van der Waals surface area contributed by atoms with E-state index in [1.54, 1.807) is 7.05 Å². The van der Waals surface area contributed by atoms with Crippen molar-refractivity contribution >= 4 is 12.0 Å². The SMILES string of the molecule is CC(=O)NC(C)CCN(C)C(=O)OC(C)(C)C. The quantitative estimate of drug-likeness (QED) is 0.820. The molecule has 0 aliphatic rings. The number of ether oxygens (including phenoxy) is 1. The van der Waals surface area contributed by atoms with Gasteiger partial charge in [0.15, 0.2) is 0 Å². The van der Waals surface area contributed by atoms with E-state index in [4.69, 9.17) is 4.74 Å². The Morgan fingerprint density at radius 1 is 1.35 bits per heavy atom. The zero-order valence-corrected chi connectivity index (χ0v) is 11.7. The molecule has 1 unspecified atom stereocenters. The van der Waals surface area contributed by atoms with Gasteiger partial charge in [0, 0.05) is 26.6 Å². The highest BCUT2D eigenvalue weighted by atomic mass is 16.6. The number of carbonyl (C=O) groups is 2. The Morgan fingerprint density at radius 2 is 1.88 bits per heavy atom. The van der Waals surface area contributed by atoms with Crippen LogP contribution in [0.5, 0.6) is 0 Å². The number of hydrogen-bond donors (Lipinski definition) is 1. The van der Waals surface area contributed by atoms with E-state index >= 15 is 0 Å². The Labute approximate surface area is 103 Å². The van der Waals surface area contributed by atoms with Gasteiger partial charge in [0.05, 0.1) is 0 Å². The number of amides is 2. The second-order valence-electron chi connectivity index (χ2n) is 5.29. The van der Waals surface area contributed by atoms with Crippen molar-refractivity contribution in [3.8, 4) is 0 Å². The van der Waals surface area contributed by atoms with Crippen LogP contribution in [0.1, 0.15) is 41.0 Å². The van der Waals surface area contributed by atoms with Crippen LogP contribution in [0.3, 0.4) is 0 Å². The molecular formula is C12H24N2O3. The Kier molecular flexibility index (Phi) is 5.99. The lowest BCUT2D eigenvalue weighted by Gasteiger charge is -2.25. The molecule has 1 N–H and O–H groups in total. The van der Waals surface area contributed by atoms with Crippen molar-refractivity contribution in [3.05, 3.63) is 0 Å². The third-order valence-electron chi connectivity index (χ3n) is 2.05. The predicted octanol–water partition coefficient (Wildman–Crippen LogP) is 1.77. The topological polar surface area (TPSA) is 58.6 Å². The Morgan fingerprint density at radius 3 is 2.29 bits per heavy atom. The maximum atomic E-state index is 11.6. The number of hydrogen-bond acceptors (Lipinski definition) is 3. The van der Waals surface area contributed by atoms with Crippen molar-refractivity contribution in [3.63, 3.8) is 0 Å². The zero-order valence-electron chi connectivity index (χ0n) is 11.7. The summed E-state index contributed by atoms with van der Waals surface area (Å²) in [6.07, 6.45) is 0.363. The molecule has 100 valence electrons. The molecule has 0 heterocycles. The molecule has 2 amide bonds. The fourth-order valence-corrected chi connectivity index (χ4v) is 1.24. The van der Waals surface area contributed by atoms with Crippen LogP contribution in [0.2, 0.25) is 0 Å². The van der Waals surface area contributed by atoms with E-state index in [1.165, 1.54) is 11.8 Å². The van der Waals surface area contributed by atoms with E-state index in [0.717, 1.165) is 0 Å². The number of rotatable bonds is 4. The molecule has 17 heavy (non-hydrogen) atoms. The molecule has 0 fully saturated rings. The standard InChI is InChI=1S/C12H24N2O3/c1-9(13-10(2)15)7-8-14(6)11(16)17-12(3,4)5/h9H,7-8H2,1-6H3,(H,13,15). The molecule has 0 aliphatic heterocycles. The van der Waals surface area contributed by atoms with Crippen LogP contribution in [0.15, 0.2) is 0 Å². The Bertz CT molecular complexity index is 271. The summed E-state index contributed by atoms with van der Waals surface area (Å²) in [4.78, 5) is 23.9. The minimum Gasteiger partial charge on any atom is -0.444 e. The van der Waals surface area contributed by atoms with Crippen LogP contribution in [0.4, 0.5) is 4.79 Å². The van der Waals surface area contributed by atoms with E-state index in [9.17, 15) is 9.59 Å². The molecule has 0 rings (SSSR count). The van der Waals surface area contributed by atoms with Crippen molar-refractivity contribution in [1.82, 2.24) is 10.2 Å². The first-order valence-electron chi connectivity index (χ1n) is 5.83. The van der Waals surface area contributed by atoms with E-state index in [1.807, 2.05) is 27.7 Å². The van der Waals surface area contributed by atoms with Crippen molar-refractivity contribution in [2.24, 2.45) is 0 Å². The molecule has 0 bridgehead atoms. The molecule has 0 aromatic heterocycles. The van der Waals surface area contributed by atoms with Crippen LogP contribution in [0.25, 0.3) is 0 Å². The van der Waals surface area contributed by atoms with Crippen molar-refractivity contribution in [2.75, 3.05) is 13.6 Å². The first-order chi connectivity index (χ1) is 7.61. The molecule has 5 heteroatoms. The predicted molar refractivity (Wildman–Crippen MR) is 66.8 cm³/mol. The molecule has 0 radical (unpaired) electrons. The first-order valence-corrected chi connectivity index (χ1v) is 5.83. The van der Waals surface area contributed by atoms with Gasteiger partial charge in [-0.2, -0.15) is 0 Å². The zero-order chi connectivity index (χ0) is 13.6. The molecule has 0 aliphatic carbocycles. The summed E-state index contributed by atoms with van der Waals surface area (Å²) in [7, 11) is 1.69. The number of nitrogens with zero attached hydrogens (tertiary/aromatic N) is 1. The summed E-state index contributed by atoms with van der Waals surface area (Å²) in [6.45, 7) is 9.44. The van der Waals surface area contributed by atoms with Crippen molar-refractivity contribution < 1.29 is 14.3 Å². The summed E-state index contributed by atoms with van der Waals surface area (Å²) < 4.78 is 5.21. The molecule has 0 aromatic carbocycles. The summed E-state index contributed by atoms with van der Waals surface area (Å²) >= 11 is 0. The molecule has 0 aromatic rings. The molecule has 0 saturated carbocycles. The highest BCUT2D eigenvalue weighted by molar-refractivity contribution is 5.73. The van der Waals surface area contributed by atoms with E-state index < -0.39 is 5.60 Å². The Balaban J connectivity index is 3.97. The maximum Gasteiger partial charge on any atom is 0.410 e. The second kappa shape index (κ2) is 6.47. The van der Waals surface area contributed by atoms with Gasteiger partial charge in [-0.25, -0.2) is 4.79 Å². The lowest BCUT2D eigenvalue weighted by atomic mass is 10.2. The van der Waals surface area contributed by atoms with Gasteiger partial charge in [0.2, 0.25) is 5.91 Å². The van der Waals surface area contributed by atoms with Gasteiger partial charge >= 0.3 is 6.09 Å². The number of carbonyl (C=O) groups excluding carboxylic acids is 2. The minimum atomic E-state index is -0.478. The van der Waals surface area contributed by atoms with E-state index in [0.29, 0.717) is 13.0 Å². The van der Waals surface area contributed by atoms with Gasteiger partial charge < -0.3 is 15.0 Å². The number of nitrogens with one attached hydrogen (secondary N) is 1. The summed E-state index contributed by atoms with van der Waals surface area (Å²) in [5.74, 6) is -0.0579. The van der Waals surface area contributed by atoms with Gasteiger partial charge in [0.25, 0.3) is 0 Å². The summed E-state index contributed by atoms with van der Waals surface area (Å²) in [5, 5.41) is 2.77. The normalized spacial score (nSPS) is 12.8. The van der Waals surface area contributed by atoms with Gasteiger partial charge in [-0.1, -0.05) is 0 Å². The van der Waals surface area contributed by atoms with Crippen LogP contribution in [-0.4, -0.2) is 42.1 Å². The van der Waals surface area contributed by atoms with Gasteiger partial charge in [-0.05, 0) is 34.1 Å².